The summed E-state index contributed by atoms with van der Waals surface area (Å²) in [6.07, 6.45) is 2.66. The minimum Gasteiger partial charge on any atom is -0.316 e. The number of nitrogens with zero attached hydrogens (tertiary/aromatic N) is 2. The third-order valence-corrected chi connectivity index (χ3v) is 3.55. The lowest BCUT2D eigenvalue weighted by molar-refractivity contribution is 0.326. The molecule has 2 unspecified atom stereocenters. The van der Waals surface area contributed by atoms with Gasteiger partial charge in [-0.2, -0.15) is 5.10 Å². The molecule has 1 aromatic rings. The van der Waals surface area contributed by atoms with Crippen LogP contribution in [0, 0.1) is 12.8 Å². The highest BCUT2D eigenvalue weighted by Gasteiger charge is 2.23. The molecule has 0 amide bonds. The first-order valence-corrected chi connectivity index (χ1v) is 5.89. The van der Waals surface area contributed by atoms with Gasteiger partial charge in [0.15, 0.2) is 0 Å². The smallest absolute Gasteiger partial charge is 0.0596 e. The van der Waals surface area contributed by atoms with E-state index in [4.69, 9.17) is 0 Å². The Labute approximate surface area is 91.9 Å². The Kier molecular flexibility index (Phi) is 3.10. The summed E-state index contributed by atoms with van der Waals surface area (Å²) >= 11 is 0. The molecule has 1 saturated heterocycles. The minimum absolute atomic E-state index is 0.615. The number of piperidine rings is 1. The van der Waals surface area contributed by atoms with E-state index in [1.165, 1.54) is 25.1 Å². The molecule has 3 nitrogen and oxygen atoms in total. The number of aromatic nitrogens is 2. The predicted molar refractivity (Wildman–Crippen MR) is 62.0 cm³/mol. The highest BCUT2D eigenvalue weighted by Crippen LogP contribution is 2.28. The Balaban J connectivity index is 2.12. The molecule has 0 aliphatic carbocycles. The number of hydrogen-bond donors (Lipinski definition) is 1. The zero-order chi connectivity index (χ0) is 10.8. The summed E-state index contributed by atoms with van der Waals surface area (Å²) in [4.78, 5) is 0. The Hall–Kier alpha value is -0.830. The second kappa shape index (κ2) is 4.35. The maximum absolute atomic E-state index is 4.42. The fraction of sp³-hybridized carbons (Fsp3) is 0.750. The lowest BCUT2D eigenvalue weighted by Gasteiger charge is -2.28. The molecule has 3 heteroatoms. The van der Waals surface area contributed by atoms with Gasteiger partial charge in [0.25, 0.3) is 0 Å². The molecule has 1 fully saturated rings. The number of nitrogens with one attached hydrogen (secondary N) is 1. The molecule has 2 rings (SSSR count). The Morgan fingerprint density at radius 3 is 2.93 bits per heavy atom. The molecule has 1 aliphatic heterocycles. The summed E-state index contributed by atoms with van der Waals surface area (Å²) < 4.78 is 2.04. The third kappa shape index (κ3) is 2.23. The zero-order valence-electron chi connectivity index (χ0n) is 9.95. The van der Waals surface area contributed by atoms with E-state index in [2.05, 4.69) is 37.4 Å². The summed E-state index contributed by atoms with van der Waals surface area (Å²) in [5.41, 5.74) is 2.50. The monoisotopic (exact) mass is 207 g/mol. The van der Waals surface area contributed by atoms with Crippen molar-refractivity contribution in [2.24, 2.45) is 13.0 Å². The van der Waals surface area contributed by atoms with Crippen molar-refractivity contribution >= 4 is 0 Å². The SMILES string of the molecule is Cc1cc(C(C)C2CCCNC2)n(C)n1. The Morgan fingerprint density at radius 2 is 2.40 bits per heavy atom. The molecule has 1 aliphatic rings. The van der Waals surface area contributed by atoms with Gasteiger partial charge in [-0.3, -0.25) is 4.68 Å². The van der Waals surface area contributed by atoms with Crippen LogP contribution in [0.4, 0.5) is 0 Å². The molecular weight excluding hydrogens is 186 g/mol. The summed E-state index contributed by atoms with van der Waals surface area (Å²) in [6, 6.07) is 2.22. The third-order valence-electron chi connectivity index (χ3n) is 3.55. The molecule has 0 aromatic carbocycles. The van der Waals surface area contributed by atoms with Crippen molar-refractivity contribution in [3.8, 4) is 0 Å². The molecular formula is C12H21N3. The predicted octanol–water partition coefficient (Wildman–Crippen LogP) is 1.83. The van der Waals surface area contributed by atoms with Gasteiger partial charge in [-0.05, 0) is 44.8 Å². The van der Waals surface area contributed by atoms with Crippen LogP contribution in [-0.4, -0.2) is 22.9 Å². The average molecular weight is 207 g/mol. The number of aryl methyl sites for hydroxylation is 2. The number of hydrogen-bond acceptors (Lipinski definition) is 2. The number of rotatable bonds is 2. The van der Waals surface area contributed by atoms with Crippen molar-refractivity contribution in [3.63, 3.8) is 0 Å². The van der Waals surface area contributed by atoms with Crippen molar-refractivity contribution in [2.45, 2.75) is 32.6 Å². The van der Waals surface area contributed by atoms with Crippen molar-refractivity contribution in [2.75, 3.05) is 13.1 Å². The molecule has 1 N–H and O–H groups in total. The maximum Gasteiger partial charge on any atom is 0.0596 e. The summed E-state index contributed by atoms with van der Waals surface area (Å²) in [5, 5.41) is 7.91. The lowest BCUT2D eigenvalue weighted by Crippen LogP contribution is -2.33. The second-order valence-corrected chi connectivity index (χ2v) is 4.73. The zero-order valence-corrected chi connectivity index (χ0v) is 9.95. The molecule has 15 heavy (non-hydrogen) atoms. The normalized spacial score (nSPS) is 24.1. The quantitative estimate of drug-likeness (QED) is 0.802. The van der Waals surface area contributed by atoms with Gasteiger partial charge in [-0.1, -0.05) is 6.92 Å². The van der Waals surface area contributed by atoms with Crippen LogP contribution < -0.4 is 5.32 Å². The molecule has 0 radical (unpaired) electrons. The largest absolute Gasteiger partial charge is 0.316 e. The van der Waals surface area contributed by atoms with Gasteiger partial charge in [0.1, 0.15) is 0 Å². The Morgan fingerprint density at radius 1 is 1.60 bits per heavy atom. The van der Waals surface area contributed by atoms with E-state index in [-0.39, 0.29) is 0 Å². The van der Waals surface area contributed by atoms with Crippen molar-refractivity contribution in [3.05, 3.63) is 17.5 Å². The van der Waals surface area contributed by atoms with Crippen LogP contribution in [0.1, 0.15) is 37.1 Å². The van der Waals surface area contributed by atoms with Crippen LogP contribution in [0.25, 0.3) is 0 Å². The van der Waals surface area contributed by atoms with E-state index in [9.17, 15) is 0 Å². The van der Waals surface area contributed by atoms with E-state index >= 15 is 0 Å². The van der Waals surface area contributed by atoms with Gasteiger partial charge in [-0.15, -0.1) is 0 Å². The molecule has 1 aromatic heterocycles. The van der Waals surface area contributed by atoms with Crippen molar-refractivity contribution in [1.29, 1.82) is 0 Å². The first kappa shape index (κ1) is 10.7. The van der Waals surface area contributed by atoms with Gasteiger partial charge in [0, 0.05) is 18.7 Å². The van der Waals surface area contributed by atoms with E-state index in [0.29, 0.717) is 5.92 Å². The molecule has 0 bridgehead atoms. The van der Waals surface area contributed by atoms with Crippen LogP contribution in [0.15, 0.2) is 6.07 Å². The fourth-order valence-corrected chi connectivity index (χ4v) is 2.60. The molecule has 0 spiro atoms. The summed E-state index contributed by atoms with van der Waals surface area (Å²) in [5.74, 6) is 1.39. The van der Waals surface area contributed by atoms with E-state index in [0.717, 1.165) is 18.2 Å². The molecule has 84 valence electrons. The van der Waals surface area contributed by atoms with Gasteiger partial charge in [0.05, 0.1) is 5.69 Å². The van der Waals surface area contributed by atoms with E-state index < -0.39 is 0 Å². The standard InChI is InChI=1S/C12H21N3/c1-9-7-12(15(3)14-9)10(2)11-5-4-6-13-8-11/h7,10-11,13H,4-6,8H2,1-3H3. The summed E-state index contributed by atoms with van der Waals surface area (Å²) in [6.45, 7) is 6.74. The molecule has 2 heterocycles. The van der Waals surface area contributed by atoms with Crippen LogP contribution in [0.3, 0.4) is 0 Å². The highest BCUT2D eigenvalue weighted by molar-refractivity contribution is 5.14. The second-order valence-electron chi connectivity index (χ2n) is 4.73. The van der Waals surface area contributed by atoms with Crippen LogP contribution in [0.5, 0.6) is 0 Å². The van der Waals surface area contributed by atoms with Crippen molar-refractivity contribution in [1.82, 2.24) is 15.1 Å². The van der Waals surface area contributed by atoms with Gasteiger partial charge in [0.2, 0.25) is 0 Å². The minimum atomic E-state index is 0.615. The van der Waals surface area contributed by atoms with Crippen LogP contribution in [-0.2, 0) is 7.05 Å². The highest BCUT2D eigenvalue weighted by atomic mass is 15.3. The van der Waals surface area contributed by atoms with Crippen LogP contribution in [0.2, 0.25) is 0 Å². The van der Waals surface area contributed by atoms with Crippen LogP contribution >= 0.6 is 0 Å². The van der Waals surface area contributed by atoms with Gasteiger partial charge < -0.3 is 5.32 Å². The summed E-state index contributed by atoms with van der Waals surface area (Å²) in [7, 11) is 2.05. The van der Waals surface area contributed by atoms with Gasteiger partial charge in [-0.25, -0.2) is 0 Å². The first-order chi connectivity index (χ1) is 7.18. The fourth-order valence-electron chi connectivity index (χ4n) is 2.60. The average Bonchev–Trinajstić information content (AvgIpc) is 2.58. The first-order valence-electron chi connectivity index (χ1n) is 5.89. The van der Waals surface area contributed by atoms with Crippen molar-refractivity contribution < 1.29 is 0 Å². The van der Waals surface area contributed by atoms with E-state index in [1.54, 1.807) is 0 Å². The molecule has 0 saturated carbocycles. The van der Waals surface area contributed by atoms with Gasteiger partial charge >= 0.3 is 0 Å². The molecule has 2 atom stereocenters. The topological polar surface area (TPSA) is 29.9 Å². The lowest BCUT2D eigenvalue weighted by atomic mass is 9.85. The van der Waals surface area contributed by atoms with E-state index in [1.807, 2.05) is 4.68 Å². The Bertz CT molecular complexity index is 324. The maximum atomic E-state index is 4.42.